The van der Waals surface area contributed by atoms with Gasteiger partial charge in [-0.15, -0.1) is 0 Å². The molecule has 0 spiro atoms. The van der Waals surface area contributed by atoms with E-state index in [1.807, 2.05) is 30.3 Å². The van der Waals surface area contributed by atoms with Crippen LogP contribution in [0.4, 0.5) is 5.69 Å². The zero-order valence-electron chi connectivity index (χ0n) is 20.6. The molecule has 0 saturated carbocycles. The molecule has 0 saturated heterocycles. The monoisotopic (exact) mass is 509 g/mol. The fourth-order valence-corrected chi connectivity index (χ4v) is 5.21. The van der Waals surface area contributed by atoms with Gasteiger partial charge in [-0.25, -0.2) is 8.42 Å². The number of nitrogens with zero attached hydrogens (tertiary/aromatic N) is 2. The quantitative estimate of drug-likeness (QED) is 0.429. The molecular formula is C27H31N3O5S. The molecule has 0 aliphatic carbocycles. The van der Waals surface area contributed by atoms with Crippen LogP contribution < -0.4 is 14.4 Å². The van der Waals surface area contributed by atoms with Gasteiger partial charge in [-0.05, 0) is 55.3 Å². The molecule has 3 aromatic rings. The van der Waals surface area contributed by atoms with Gasteiger partial charge < -0.3 is 15.0 Å². The van der Waals surface area contributed by atoms with E-state index in [9.17, 15) is 18.0 Å². The van der Waals surface area contributed by atoms with Crippen LogP contribution in [0, 0.1) is 0 Å². The molecule has 3 aromatic carbocycles. The molecule has 0 aliphatic rings. The van der Waals surface area contributed by atoms with Crippen LogP contribution in [0.3, 0.4) is 0 Å². The van der Waals surface area contributed by atoms with Gasteiger partial charge in [0.2, 0.25) is 11.8 Å². The number of hydrogen-bond acceptors (Lipinski definition) is 5. The normalized spacial score (nSPS) is 11.9. The summed E-state index contributed by atoms with van der Waals surface area (Å²) in [6.45, 7) is 1.41. The number of carbonyl (C=O) groups is 2. The molecule has 8 nitrogen and oxygen atoms in total. The van der Waals surface area contributed by atoms with Crippen LogP contribution in [-0.2, 0) is 26.0 Å². The molecule has 0 unspecified atom stereocenters. The predicted molar refractivity (Wildman–Crippen MR) is 139 cm³/mol. The number of carbonyl (C=O) groups excluding carboxylic acids is 2. The van der Waals surface area contributed by atoms with Crippen molar-refractivity contribution < 1.29 is 22.7 Å². The first-order chi connectivity index (χ1) is 17.3. The lowest BCUT2D eigenvalue weighted by molar-refractivity contribution is -0.138. The molecule has 0 aromatic heterocycles. The SMILES string of the molecule is CNC(=O)[C@H](C)N(CCc1ccccc1)C(=O)CN(c1ccc(OC)cc1)S(=O)(=O)c1ccccc1. The Morgan fingerprint density at radius 2 is 1.50 bits per heavy atom. The Balaban J connectivity index is 1.96. The second kappa shape index (κ2) is 12.2. The number of ether oxygens (including phenoxy) is 1. The predicted octanol–water partition coefficient (Wildman–Crippen LogP) is 3.10. The van der Waals surface area contributed by atoms with E-state index < -0.39 is 28.5 Å². The lowest BCUT2D eigenvalue weighted by atomic mass is 10.1. The highest BCUT2D eigenvalue weighted by molar-refractivity contribution is 7.92. The number of sulfonamides is 1. The number of anilines is 1. The van der Waals surface area contributed by atoms with Gasteiger partial charge in [0.1, 0.15) is 18.3 Å². The van der Waals surface area contributed by atoms with Crippen molar-refractivity contribution in [1.82, 2.24) is 10.2 Å². The summed E-state index contributed by atoms with van der Waals surface area (Å²) in [4.78, 5) is 27.6. The van der Waals surface area contributed by atoms with Crippen molar-refractivity contribution in [3.8, 4) is 5.75 Å². The Morgan fingerprint density at radius 1 is 0.917 bits per heavy atom. The molecule has 0 aliphatic heterocycles. The number of methoxy groups -OCH3 is 1. The smallest absolute Gasteiger partial charge is 0.264 e. The van der Waals surface area contributed by atoms with Gasteiger partial charge in [0.15, 0.2) is 0 Å². The third-order valence-corrected chi connectivity index (χ3v) is 7.66. The fourth-order valence-electron chi connectivity index (χ4n) is 3.78. The van der Waals surface area contributed by atoms with Gasteiger partial charge in [-0.3, -0.25) is 13.9 Å². The highest BCUT2D eigenvalue weighted by Gasteiger charge is 2.32. The van der Waals surface area contributed by atoms with Gasteiger partial charge in [0.25, 0.3) is 10.0 Å². The highest BCUT2D eigenvalue weighted by atomic mass is 32.2. The van der Waals surface area contributed by atoms with E-state index >= 15 is 0 Å². The van der Waals surface area contributed by atoms with Crippen molar-refractivity contribution in [3.05, 3.63) is 90.5 Å². The summed E-state index contributed by atoms with van der Waals surface area (Å²) < 4.78 is 33.5. The Bertz CT molecular complexity index is 1250. The molecule has 9 heteroatoms. The molecule has 1 atom stereocenters. The lowest BCUT2D eigenvalue weighted by Gasteiger charge is -2.31. The third-order valence-electron chi connectivity index (χ3n) is 5.87. The summed E-state index contributed by atoms with van der Waals surface area (Å²) in [6.07, 6.45) is 0.516. The highest BCUT2D eigenvalue weighted by Crippen LogP contribution is 2.26. The number of likely N-dealkylation sites (N-methyl/N-ethyl adjacent to an activating group) is 1. The standard InChI is InChI=1S/C27H31N3O5S/c1-21(27(32)28-2)29(19-18-22-10-6-4-7-11-22)26(31)20-30(23-14-16-24(35-3)17-15-23)36(33,34)25-12-8-5-9-13-25/h4-17,21H,18-20H2,1-3H3,(H,28,32)/t21-/m0/s1. The van der Waals surface area contributed by atoms with Crippen molar-refractivity contribution in [2.75, 3.05) is 31.6 Å². The Hall–Kier alpha value is -3.85. The summed E-state index contributed by atoms with van der Waals surface area (Å²) in [7, 11) is -1.06. The zero-order chi connectivity index (χ0) is 26.1. The first-order valence-electron chi connectivity index (χ1n) is 11.5. The molecule has 36 heavy (non-hydrogen) atoms. The molecule has 0 bridgehead atoms. The van der Waals surface area contributed by atoms with Crippen LogP contribution in [0.2, 0.25) is 0 Å². The summed E-state index contributed by atoms with van der Waals surface area (Å²) in [5.74, 6) is -0.268. The average molecular weight is 510 g/mol. The average Bonchev–Trinajstić information content (AvgIpc) is 2.92. The molecular weight excluding hydrogens is 478 g/mol. The van der Waals surface area contributed by atoms with E-state index in [1.165, 1.54) is 31.2 Å². The van der Waals surface area contributed by atoms with Crippen molar-refractivity contribution in [2.24, 2.45) is 0 Å². The van der Waals surface area contributed by atoms with E-state index in [4.69, 9.17) is 4.74 Å². The fraction of sp³-hybridized carbons (Fsp3) is 0.259. The minimum absolute atomic E-state index is 0.0591. The number of hydrogen-bond donors (Lipinski definition) is 1. The first kappa shape index (κ1) is 26.7. The first-order valence-corrected chi connectivity index (χ1v) is 13.0. The topological polar surface area (TPSA) is 96.0 Å². The van der Waals surface area contributed by atoms with Gasteiger partial charge in [0.05, 0.1) is 17.7 Å². The second-order valence-corrected chi connectivity index (χ2v) is 10.00. The van der Waals surface area contributed by atoms with E-state index in [0.29, 0.717) is 17.9 Å². The molecule has 0 radical (unpaired) electrons. The third kappa shape index (κ3) is 6.42. The van der Waals surface area contributed by atoms with Crippen LogP contribution in [0.5, 0.6) is 5.75 Å². The van der Waals surface area contributed by atoms with Gasteiger partial charge in [-0.1, -0.05) is 48.5 Å². The van der Waals surface area contributed by atoms with Crippen LogP contribution in [-0.4, -0.2) is 58.4 Å². The largest absolute Gasteiger partial charge is 0.497 e. The molecule has 3 rings (SSSR count). The minimum Gasteiger partial charge on any atom is -0.497 e. The van der Waals surface area contributed by atoms with E-state index in [1.54, 1.807) is 49.4 Å². The lowest BCUT2D eigenvalue weighted by Crippen LogP contribution is -2.51. The molecule has 0 fully saturated rings. The van der Waals surface area contributed by atoms with E-state index in [2.05, 4.69) is 5.32 Å². The van der Waals surface area contributed by atoms with Gasteiger partial charge in [0, 0.05) is 13.6 Å². The summed E-state index contributed by atoms with van der Waals surface area (Å²) in [5.41, 5.74) is 1.31. The molecule has 1 N–H and O–H groups in total. The number of rotatable bonds is 11. The maximum absolute atomic E-state index is 13.6. The van der Waals surface area contributed by atoms with Crippen LogP contribution in [0.15, 0.2) is 89.8 Å². The summed E-state index contributed by atoms with van der Waals surface area (Å²) in [5, 5.41) is 2.57. The molecule has 2 amide bonds. The van der Waals surface area contributed by atoms with Gasteiger partial charge in [-0.2, -0.15) is 0 Å². The van der Waals surface area contributed by atoms with Crippen LogP contribution in [0.1, 0.15) is 12.5 Å². The summed E-state index contributed by atoms with van der Waals surface area (Å²) >= 11 is 0. The zero-order valence-corrected chi connectivity index (χ0v) is 21.4. The van der Waals surface area contributed by atoms with Gasteiger partial charge >= 0.3 is 0 Å². The minimum atomic E-state index is -4.08. The second-order valence-electron chi connectivity index (χ2n) is 8.14. The van der Waals surface area contributed by atoms with Crippen LogP contribution >= 0.6 is 0 Å². The van der Waals surface area contributed by atoms with Crippen molar-refractivity contribution >= 4 is 27.5 Å². The van der Waals surface area contributed by atoms with Crippen molar-refractivity contribution in [3.63, 3.8) is 0 Å². The van der Waals surface area contributed by atoms with Crippen LogP contribution in [0.25, 0.3) is 0 Å². The Morgan fingerprint density at radius 3 is 2.06 bits per heavy atom. The van der Waals surface area contributed by atoms with E-state index in [0.717, 1.165) is 9.87 Å². The summed E-state index contributed by atoms with van der Waals surface area (Å²) in [6, 6.07) is 23.2. The molecule has 190 valence electrons. The van der Waals surface area contributed by atoms with Crippen molar-refractivity contribution in [2.45, 2.75) is 24.3 Å². The number of amides is 2. The Kier molecular flexibility index (Phi) is 9.08. The number of nitrogens with one attached hydrogen (secondary N) is 1. The Labute approximate surface area is 212 Å². The maximum atomic E-state index is 13.6. The van der Waals surface area contributed by atoms with Crippen molar-refractivity contribution in [1.29, 1.82) is 0 Å². The maximum Gasteiger partial charge on any atom is 0.264 e. The molecule has 0 heterocycles. The van der Waals surface area contributed by atoms with E-state index in [-0.39, 0.29) is 17.3 Å². The number of benzene rings is 3.